The first-order valence-corrected chi connectivity index (χ1v) is 7.38. The average Bonchev–Trinajstić information content (AvgIpc) is 2.46. The summed E-state index contributed by atoms with van der Waals surface area (Å²) in [5.74, 6) is -0.134. The van der Waals surface area contributed by atoms with Gasteiger partial charge in [-0.05, 0) is 37.0 Å². The fourth-order valence-corrected chi connectivity index (χ4v) is 3.19. The number of hydrogen-bond donors (Lipinski definition) is 2. The Morgan fingerprint density at radius 3 is 2.80 bits per heavy atom. The van der Waals surface area contributed by atoms with Gasteiger partial charge in [0.25, 0.3) is 0 Å². The maximum absolute atomic E-state index is 10.9. The Kier molecular flexibility index (Phi) is 4.53. The zero-order chi connectivity index (χ0) is 14.7. The summed E-state index contributed by atoms with van der Waals surface area (Å²) in [7, 11) is 2.06. The van der Waals surface area contributed by atoms with Gasteiger partial charge in [0, 0.05) is 13.1 Å². The lowest BCUT2D eigenvalue weighted by Crippen LogP contribution is -2.36. The van der Waals surface area contributed by atoms with Crippen molar-refractivity contribution >= 4 is 17.3 Å². The quantitative estimate of drug-likeness (QED) is 0.827. The number of hydrogen-bond acceptors (Lipinski definition) is 3. The molecule has 2 unspecified atom stereocenters. The van der Waals surface area contributed by atoms with Crippen molar-refractivity contribution in [1.82, 2.24) is 0 Å². The number of aromatic carboxylic acids is 1. The van der Waals surface area contributed by atoms with Crippen molar-refractivity contribution in [1.29, 1.82) is 0 Å². The highest BCUT2D eigenvalue weighted by molar-refractivity contribution is 5.90. The van der Waals surface area contributed by atoms with Gasteiger partial charge in [-0.25, -0.2) is 4.79 Å². The molecule has 3 N–H and O–H groups in total. The molecule has 0 spiro atoms. The van der Waals surface area contributed by atoms with E-state index in [1.807, 2.05) is 6.07 Å². The van der Waals surface area contributed by atoms with Crippen LogP contribution in [0.2, 0.25) is 0 Å². The average molecular weight is 276 g/mol. The number of anilines is 2. The third-order valence-corrected chi connectivity index (χ3v) is 4.53. The largest absolute Gasteiger partial charge is 0.478 e. The summed E-state index contributed by atoms with van der Waals surface area (Å²) in [6.07, 6.45) is 6.22. The molecule has 1 aromatic carbocycles. The van der Waals surface area contributed by atoms with E-state index in [9.17, 15) is 4.79 Å². The summed E-state index contributed by atoms with van der Waals surface area (Å²) >= 11 is 0. The van der Waals surface area contributed by atoms with Gasteiger partial charge in [0.15, 0.2) is 0 Å². The molecule has 1 saturated carbocycles. The van der Waals surface area contributed by atoms with Crippen molar-refractivity contribution < 1.29 is 9.90 Å². The Bertz CT molecular complexity index is 487. The molecular formula is C16H24N2O2. The number of nitrogen functional groups attached to an aromatic ring is 1. The molecule has 0 aliphatic heterocycles. The predicted octanol–water partition coefficient (Wildman–Crippen LogP) is 3.37. The summed E-state index contributed by atoms with van der Waals surface area (Å²) in [6, 6.07) is 5.51. The SMILES string of the molecule is CCC1CCCC(N(C)c2ccc(C(=O)O)cc2N)C1. The zero-order valence-electron chi connectivity index (χ0n) is 12.3. The molecule has 2 rings (SSSR count). The third-order valence-electron chi connectivity index (χ3n) is 4.53. The van der Waals surface area contributed by atoms with Crippen LogP contribution in [0.15, 0.2) is 18.2 Å². The van der Waals surface area contributed by atoms with E-state index < -0.39 is 5.97 Å². The molecule has 0 bridgehead atoms. The minimum absolute atomic E-state index is 0.245. The normalized spacial score (nSPS) is 22.5. The molecule has 1 aliphatic rings. The highest BCUT2D eigenvalue weighted by Crippen LogP contribution is 2.33. The lowest BCUT2D eigenvalue weighted by Gasteiger charge is -2.37. The second kappa shape index (κ2) is 6.16. The van der Waals surface area contributed by atoms with E-state index in [4.69, 9.17) is 10.8 Å². The lowest BCUT2D eigenvalue weighted by atomic mass is 9.83. The van der Waals surface area contributed by atoms with Gasteiger partial charge in [0.05, 0.1) is 16.9 Å². The van der Waals surface area contributed by atoms with E-state index in [1.54, 1.807) is 12.1 Å². The summed E-state index contributed by atoms with van der Waals surface area (Å²) in [6.45, 7) is 2.25. The van der Waals surface area contributed by atoms with E-state index in [1.165, 1.54) is 32.1 Å². The van der Waals surface area contributed by atoms with E-state index in [0.717, 1.165) is 11.6 Å². The topological polar surface area (TPSA) is 66.6 Å². The van der Waals surface area contributed by atoms with Gasteiger partial charge in [0.1, 0.15) is 0 Å². The van der Waals surface area contributed by atoms with Crippen LogP contribution in [0, 0.1) is 5.92 Å². The van der Waals surface area contributed by atoms with Crippen LogP contribution in [-0.2, 0) is 0 Å². The van der Waals surface area contributed by atoms with Crippen LogP contribution in [0.1, 0.15) is 49.4 Å². The number of carboxylic acid groups (broad SMARTS) is 1. The summed E-state index contributed by atoms with van der Waals surface area (Å²) in [4.78, 5) is 13.2. The first kappa shape index (κ1) is 14.7. The van der Waals surface area contributed by atoms with Crippen LogP contribution in [0.3, 0.4) is 0 Å². The molecule has 1 fully saturated rings. The molecule has 0 aromatic heterocycles. The Hall–Kier alpha value is -1.71. The predicted molar refractivity (Wildman–Crippen MR) is 82.3 cm³/mol. The summed E-state index contributed by atoms with van der Waals surface area (Å²) in [5, 5.41) is 8.98. The van der Waals surface area contributed by atoms with Crippen LogP contribution in [0.5, 0.6) is 0 Å². The fraction of sp³-hybridized carbons (Fsp3) is 0.562. The van der Waals surface area contributed by atoms with Crippen molar-refractivity contribution in [2.75, 3.05) is 17.7 Å². The van der Waals surface area contributed by atoms with Crippen LogP contribution in [-0.4, -0.2) is 24.2 Å². The van der Waals surface area contributed by atoms with Gasteiger partial charge >= 0.3 is 5.97 Å². The van der Waals surface area contributed by atoms with Gasteiger partial charge in [-0.1, -0.05) is 26.2 Å². The number of benzene rings is 1. The van der Waals surface area contributed by atoms with E-state index in [-0.39, 0.29) is 5.56 Å². The van der Waals surface area contributed by atoms with Crippen molar-refractivity contribution in [2.24, 2.45) is 5.92 Å². The fourth-order valence-electron chi connectivity index (χ4n) is 3.19. The van der Waals surface area contributed by atoms with Crippen molar-refractivity contribution in [3.05, 3.63) is 23.8 Å². The van der Waals surface area contributed by atoms with Gasteiger partial charge in [-0.2, -0.15) is 0 Å². The minimum atomic E-state index is -0.936. The van der Waals surface area contributed by atoms with Crippen molar-refractivity contribution in [2.45, 2.75) is 45.1 Å². The van der Waals surface area contributed by atoms with Gasteiger partial charge in [-0.3, -0.25) is 0 Å². The Labute approximate surface area is 120 Å². The maximum atomic E-state index is 10.9. The second-order valence-electron chi connectivity index (χ2n) is 5.78. The van der Waals surface area contributed by atoms with Crippen LogP contribution in [0.4, 0.5) is 11.4 Å². The minimum Gasteiger partial charge on any atom is -0.478 e. The molecule has 4 nitrogen and oxygen atoms in total. The first-order chi connectivity index (χ1) is 9.52. The number of nitrogens with zero attached hydrogens (tertiary/aromatic N) is 1. The smallest absolute Gasteiger partial charge is 0.335 e. The van der Waals surface area contributed by atoms with Gasteiger partial charge in [0.2, 0.25) is 0 Å². The van der Waals surface area contributed by atoms with Gasteiger partial charge in [-0.15, -0.1) is 0 Å². The monoisotopic (exact) mass is 276 g/mol. The summed E-state index contributed by atoms with van der Waals surface area (Å²) in [5.41, 5.74) is 7.76. The molecule has 20 heavy (non-hydrogen) atoms. The number of rotatable bonds is 4. The molecule has 110 valence electrons. The molecule has 1 aliphatic carbocycles. The number of carbonyl (C=O) groups is 1. The Balaban J connectivity index is 2.16. The molecule has 0 saturated heterocycles. The van der Waals surface area contributed by atoms with Crippen LogP contribution >= 0.6 is 0 Å². The molecule has 4 heteroatoms. The van der Waals surface area contributed by atoms with Crippen molar-refractivity contribution in [3.8, 4) is 0 Å². The maximum Gasteiger partial charge on any atom is 0.335 e. The Morgan fingerprint density at radius 2 is 2.20 bits per heavy atom. The summed E-state index contributed by atoms with van der Waals surface area (Å²) < 4.78 is 0. The number of nitrogens with two attached hydrogens (primary N) is 1. The Morgan fingerprint density at radius 1 is 1.45 bits per heavy atom. The molecular weight excluding hydrogens is 252 g/mol. The molecule has 1 aromatic rings. The first-order valence-electron chi connectivity index (χ1n) is 7.38. The molecule has 0 amide bonds. The zero-order valence-corrected chi connectivity index (χ0v) is 12.3. The number of carboxylic acids is 1. The second-order valence-corrected chi connectivity index (χ2v) is 5.78. The van der Waals surface area contributed by atoms with E-state index >= 15 is 0 Å². The van der Waals surface area contributed by atoms with Crippen LogP contribution < -0.4 is 10.6 Å². The highest BCUT2D eigenvalue weighted by atomic mass is 16.4. The molecule has 0 radical (unpaired) electrons. The van der Waals surface area contributed by atoms with E-state index in [2.05, 4.69) is 18.9 Å². The van der Waals surface area contributed by atoms with Crippen LogP contribution in [0.25, 0.3) is 0 Å². The van der Waals surface area contributed by atoms with E-state index in [0.29, 0.717) is 11.7 Å². The third kappa shape index (κ3) is 3.06. The standard InChI is InChI=1S/C16H24N2O2/c1-3-11-5-4-6-13(9-11)18(2)15-8-7-12(16(19)20)10-14(15)17/h7-8,10-11,13H,3-6,9,17H2,1-2H3,(H,19,20). The molecule has 0 heterocycles. The highest BCUT2D eigenvalue weighted by Gasteiger charge is 2.25. The lowest BCUT2D eigenvalue weighted by molar-refractivity contribution is 0.0697. The molecule has 2 atom stereocenters. The van der Waals surface area contributed by atoms with Gasteiger partial charge < -0.3 is 15.7 Å². The van der Waals surface area contributed by atoms with Crippen molar-refractivity contribution in [3.63, 3.8) is 0 Å².